The van der Waals surface area contributed by atoms with E-state index in [4.69, 9.17) is 16.3 Å². The average Bonchev–Trinajstić information content (AvgIpc) is 2.64. The van der Waals surface area contributed by atoms with Crippen LogP contribution in [0.1, 0.15) is 55.8 Å². The SMILES string of the molecule is C[C@H](NC(=O)c1ccccc1Cl)C(=O)OCC(=O)NC12CC3CC(CC(C3)C1)C2. The van der Waals surface area contributed by atoms with Gasteiger partial charge in [0.05, 0.1) is 10.6 Å². The summed E-state index contributed by atoms with van der Waals surface area (Å²) in [5, 5.41) is 6.04. The van der Waals surface area contributed by atoms with Gasteiger partial charge in [0.1, 0.15) is 6.04 Å². The van der Waals surface area contributed by atoms with Crippen molar-refractivity contribution in [2.45, 2.75) is 57.0 Å². The molecule has 6 nitrogen and oxygen atoms in total. The molecule has 4 bridgehead atoms. The first kappa shape index (κ1) is 20.2. The van der Waals surface area contributed by atoms with Crippen LogP contribution in [0.4, 0.5) is 0 Å². The molecule has 4 aliphatic carbocycles. The molecule has 1 atom stereocenters. The minimum atomic E-state index is -0.883. The summed E-state index contributed by atoms with van der Waals surface area (Å²) >= 11 is 6.00. The zero-order valence-electron chi connectivity index (χ0n) is 16.6. The molecule has 4 fully saturated rings. The summed E-state index contributed by atoms with van der Waals surface area (Å²) in [6.07, 6.45) is 7.03. The summed E-state index contributed by atoms with van der Waals surface area (Å²) in [5.74, 6) is 0.812. The van der Waals surface area contributed by atoms with E-state index in [2.05, 4.69) is 10.6 Å². The van der Waals surface area contributed by atoms with Crippen LogP contribution in [0.3, 0.4) is 0 Å². The van der Waals surface area contributed by atoms with Gasteiger partial charge in [0.15, 0.2) is 6.61 Å². The van der Waals surface area contributed by atoms with E-state index in [1.54, 1.807) is 24.3 Å². The van der Waals surface area contributed by atoms with Crippen LogP contribution in [0, 0.1) is 17.8 Å². The van der Waals surface area contributed by atoms with Crippen molar-refractivity contribution in [3.05, 3.63) is 34.9 Å². The zero-order valence-corrected chi connectivity index (χ0v) is 17.3. The predicted molar refractivity (Wildman–Crippen MR) is 108 cm³/mol. The van der Waals surface area contributed by atoms with Gasteiger partial charge in [0, 0.05) is 5.54 Å². The Bertz CT molecular complexity index is 790. The number of hydrogen-bond donors (Lipinski definition) is 2. The smallest absolute Gasteiger partial charge is 0.328 e. The fourth-order valence-electron chi connectivity index (χ4n) is 5.84. The lowest BCUT2D eigenvalue weighted by molar-refractivity contribution is -0.151. The van der Waals surface area contributed by atoms with Gasteiger partial charge in [-0.3, -0.25) is 9.59 Å². The van der Waals surface area contributed by atoms with Crippen molar-refractivity contribution in [3.63, 3.8) is 0 Å². The third kappa shape index (κ3) is 4.42. The van der Waals surface area contributed by atoms with E-state index in [1.165, 1.54) is 26.2 Å². The highest BCUT2D eigenvalue weighted by Gasteiger charge is 2.51. The summed E-state index contributed by atoms with van der Waals surface area (Å²) in [6, 6.07) is 5.71. The highest BCUT2D eigenvalue weighted by molar-refractivity contribution is 6.33. The van der Waals surface area contributed by atoms with Gasteiger partial charge in [-0.05, 0) is 75.3 Å². The van der Waals surface area contributed by atoms with Crippen LogP contribution in [0.15, 0.2) is 24.3 Å². The van der Waals surface area contributed by atoms with Crippen LogP contribution in [0.5, 0.6) is 0 Å². The summed E-state index contributed by atoms with van der Waals surface area (Å²) in [5.41, 5.74) is 0.177. The Morgan fingerprint density at radius 3 is 2.28 bits per heavy atom. The molecule has 0 heterocycles. The Labute approximate surface area is 175 Å². The molecule has 1 aromatic rings. The fourth-order valence-corrected chi connectivity index (χ4v) is 6.06. The first-order valence-electron chi connectivity index (χ1n) is 10.4. The van der Waals surface area contributed by atoms with Gasteiger partial charge in [-0.2, -0.15) is 0 Å². The van der Waals surface area contributed by atoms with Crippen molar-refractivity contribution in [1.82, 2.24) is 10.6 Å². The molecule has 4 aliphatic rings. The number of rotatable bonds is 6. The maximum Gasteiger partial charge on any atom is 0.328 e. The number of ether oxygens (including phenoxy) is 1. The van der Waals surface area contributed by atoms with E-state index < -0.39 is 17.9 Å². The first-order chi connectivity index (χ1) is 13.8. The molecule has 5 rings (SSSR count). The van der Waals surface area contributed by atoms with Crippen LogP contribution in [0.25, 0.3) is 0 Å². The maximum atomic E-state index is 12.4. The topological polar surface area (TPSA) is 84.5 Å². The lowest BCUT2D eigenvalue weighted by atomic mass is 9.53. The van der Waals surface area contributed by atoms with Crippen LogP contribution in [-0.2, 0) is 14.3 Å². The summed E-state index contributed by atoms with van der Waals surface area (Å²) in [4.78, 5) is 36.9. The Kier molecular flexibility index (Phi) is 5.56. The van der Waals surface area contributed by atoms with Crippen molar-refractivity contribution in [3.8, 4) is 0 Å². The molecule has 2 amide bonds. The van der Waals surface area contributed by atoms with Crippen molar-refractivity contribution < 1.29 is 19.1 Å². The molecule has 0 unspecified atom stereocenters. The Morgan fingerprint density at radius 2 is 1.69 bits per heavy atom. The molecule has 1 aromatic carbocycles. The largest absolute Gasteiger partial charge is 0.454 e. The highest BCUT2D eigenvalue weighted by atomic mass is 35.5. The van der Waals surface area contributed by atoms with E-state index in [-0.39, 0.29) is 23.6 Å². The number of benzene rings is 1. The van der Waals surface area contributed by atoms with Gasteiger partial charge < -0.3 is 15.4 Å². The maximum absolute atomic E-state index is 12.4. The second-order valence-electron chi connectivity index (χ2n) is 9.03. The molecular weight excluding hydrogens is 392 g/mol. The molecule has 4 saturated carbocycles. The number of carbonyl (C=O) groups is 3. The number of hydrogen-bond acceptors (Lipinski definition) is 4. The molecule has 29 heavy (non-hydrogen) atoms. The van der Waals surface area contributed by atoms with Crippen LogP contribution < -0.4 is 10.6 Å². The lowest BCUT2D eigenvalue weighted by Crippen LogP contribution is -2.60. The van der Waals surface area contributed by atoms with Gasteiger partial charge in [-0.15, -0.1) is 0 Å². The van der Waals surface area contributed by atoms with Gasteiger partial charge in [0.2, 0.25) is 0 Å². The minimum absolute atomic E-state index is 0.109. The van der Waals surface area contributed by atoms with E-state index >= 15 is 0 Å². The summed E-state index contributed by atoms with van der Waals surface area (Å²) < 4.78 is 5.15. The molecule has 7 heteroatoms. The van der Waals surface area contributed by atoms with Gasteiger partial charge in [0.25, 0.3) is 11.8 Å². The molecule has 0 saturated heterocycles. The zero-order chi connectivity index (χ0) is 20.6. The van der Waals surface area contributed by atoms with Crippen LogP contribution in [-0.4, -0.2) is 36.0 Å². The molecule has 0 spiro atoms. The van der Waals surface area contributed by atoms with Gasteiger partial charge >= 0.3 is 5.97 Å². The number of nitrogens with one attached hydrogen (secondary N) is 2. The minimum Gasteiger partial charge on any atom is -0.454 e. The third-order valence-electron chi connectivity index (χ3n) is 6.61. The van der Waals surface area contributed by atoms with Gasteiger partial charge in [-0.1, -0.05) is 23.7 Å². The average molecular weight is 419 g/mol. The third-order valence-corrected chi connectivity index (χ3v) is 6.94. The van der Waals surface area contributed by atoms with E-state index in [0.29, 0.717) is 5.02 Å². The van der Waals surface area contributed by atoms with Crippen LogP contribution in [0.2, 0.25) is 5.02 Å². The molecule has 0 radical (unpaired) electrons. The molecule has 2 N–H and O–H groups in total. The number of halogens is 1. The second kappa shape index (κ2) is 7.98. The highest BCUT2D eigenvalue weighted by Crippen LogP contribution is 2.55. The Hall–Kier alpha value is -2.08. The fraction of sp³-hybridized carbons (Fsp3) is 0.591. The second-order valence-corrected chi connectivity index (χ2v) is 9.44. The summed E-state index contributed by atoms with van der Waals surface area (Å²) in [6.45, 7) is 1.20. The van der Waals surface area contributed by atoms with Crippen molar-refractivity contribution in [2.24, 2.45) is 17.8 Å². The molecule has 0 aliphatic heterocycles. The van der Waals surface area contributed by atoms with E-state index in [9.17, 15) is 14.4 Å². The summed E-state index contributed by atoms with van der Waals surface area (Å²) in [7, 11) is 0. The Morgan fingerprint density at radius 1 is 1.10 bits per heavy atom. The number of carbonyl (C=O) groups excluding carboxylic acids is 3. The predicted octanol–water partition coefficient (Wildman–Crippen LogP) is 3.09. The number of esters is 1. The van der Waals surface area contributed by atoms with Gasteiger partial charge in [-0.25, -0.2) is 4.79 Å². The van der Waals surface area contributed by atoms with Crippen molar-refractivity contribution in [2.75, 3.05) is 6.61 Å². The quantitative estimate of drug-likeness (QED) is 0.695. The monoisotopic (exact) mass is 418 g/mol. The van der Waals surface area contributed by atoms with E-state index in [0.717, 1.165) is 37.0 Å². The molecular formula is C22H27ClN2O4. The first-order valence-corrected chi connectivity index (χ1v) is 10.7. The molecule has 0 aromatic heterocycles. The lowest BCUT2D eigenvalue weighted by Gasteiger charge is -2.56. The molecule has 156 valence electrons. The normalized spacial score (nSPS) is 30.5. The Balaban J connectivity index is 1.25. The standard InChI is InChI=1S/C22H27ClN2O4/c1-13(24-20(27)17-4-2-3-5-18(17)23)21(28)29-12-19(26)25-22-9-14-6-15(10-22)8-16(7-14)11-22/h2-5,13-16H,6-12H2,1H3,(H,24,27)(H,25,26)/t13-,14?,15?,16?,22?/m0/s1. The van der Waals surface area contributed by atoms with Crippen molar-refractivity contribution >= 4 is 29.4 Å². The number of amides is 2. The van der Waals surface area contributed by atoms with Crippen molar-refractivity contribution in [1.29, 1.82) is 0 Å². The van der Waals surface area contributed by atoms with E-state index in [1.807, 2.05) is 0 Å². The van der Waals surface area contributed by atoms with Crippen LogP contribution >= 0.6 is 11.6 Å².